The quantitative estimate of drug-likeness (QED) is 0.177. The SMILES string of the molecule is CCNC(=NCCCOCC1CCOCC1)NCCCCN1CCCCC1C.I. The van der Waals surface area contributed by atoms with Crippen molar-refractivity contribution < 1.29 is 9.47 Å². The molecule has 2 rings (SSSR count). The van der Waals surface area contributed by atoms with Gasteiger partial charge in [0.25, 0.3) is 0 Å². The van der Waals surface area contributed by atoms with E-state index in [1.165, 1.54) is 45.2 Å². The summed E-state index contributed by atoms with van der Waals surface area (Å²) in [5, 5.41) is 6.82. The number of aliphatic imine (C=N–C) groups is 1. The molecule has 2 heterocycles. The van der Waals surface area contributed by atoms with Crippen molar-refractivity contribution in [2.45, 2.75) is 71.3 Å². The third kappa shape index (κ3) is 12.4. The minimum absolute atomic E-state index is 0. The molecule has 7 heteroatoms. The van der Waals surface area contributed by atoms with Crippen molar-refractivity contribution in [2.75, 3.05) is 59.2 Å². The second kappa shape index (κ2) is 17.5. The first-order valence-corrected chi connectivity index (χ1v) is 11.7. The lowest BCUT2D eigenvalue weighted by atomic mass is 10.0. The molecule has 0 aliphatic carbocycles. The van der Waals surface area contributed by atoms with Gasteiger partial charge in [-0.1, -0.05) is 6.42 Å². The molecule has 1 unspecified atom stereocenters. The Morgan fingerprint density at radius 1 is 1.10 bits per heavy atom. The predicted octanol–water partition coefficient (Wildman–Crippen LogP) is 3.65. The molecular weight excluding hydrogens is 479 g/mol. The number of halogens is 1. The summed E-state index contributed by atoms with van der Waals surface area (Å²) in [7, 11) is 0. The molecule has 0 amide bonds. The van der Waals surface area contributed by atoms with E-state index in [1.54, 1.807) is 0 Å². The third-order valence-corrected chi connectivity index (χ3v) is 5.86. The number of piperidine rings is 1. The van der Waals surface area contributed by atoms with E-state index < -0.39 is 0 Å². The normalized spacial score (nSPS) is 21.6. The zero-order chi connectivity index (χ0) is 19.9. The maximum Gasteiger partial charge on any atom is 0.191 e. The summed E-state index contributed by atoms with van der Waals surface area (Å²) < 4.78 is 11.2. The van der Waals surface area contributed by atoms with Crippen LogP contribution >= 0.6 is 24.0 Å². The van der Waals surface area contributed by atoms with Gasteiger partial charge in [-0.2, -0.15) is 0 Å². The Hall–Kier alpha value is -0.120. The number of hydrogen-bond donors (Lipinski definition) is 2. The fourth-order valence-corrected chi connectivity index (χ4v) is 4.00. The van der Waals surface area contributed by atoms with Crippen LogP contribution in [-0.4, -0.2) is 76.1 Å². The van der Waals surface area contributed by atoms with Gasteiger partial charge in [-0.15, -0.1) is 24.0 Å². The maximum atomic E-state index is 5.82. The second-order valence-electron chi connectivity index (χ2n) is 8.26. The molecule has 0 aromatic rings. The molecule has 0 aromatic carbocycles. The fourth-order valence-electron chi connectivity index (χ4n) is 4.00. The highest BCUT2D eigenvalue weighted by atomic mass is 127. The highest BCUT2D eigenvalue weighted by Gasteiger charge is 2.17. The van der Waals surface area contributed by atoms with E-state index in [4.69, 9.17) is 9.47 Å². The molecule has 0 aromatic heterocycles. The molecular formula is C22H45IN4O2. The van der Waals surface area contributed by atoms with Crippen molar-refractivity contribution >= 4 is 29.9 Å². The van der Waals surface area contributed by atoms with E-state index in [0.29, 0.717) is 5.92 Å². The number of nitrogens with one attached hydrogen (secondary N) is 2. The van der Waals surface area contributed by atoms with Crippen molar-refractivity contribution in [2.24, 2.45) is 10.9 Å². The predicted molar refractivity (Wildman–Crippen MR) is 132 cm³/mol. The summed E-state index contributed by atoms with van der Waals surface area (Å²) in [6.45, 7) is 13.2. The minimum atomic E-state index is 0. The van der Waals surface area contributed by atoms with Gasteiger partial charge in [0, 0.05) is 52.1 Å². The van der Waals surface area contributed by atoms with E-state index in [1.807, 2.05) is 0 Å². The summed E-state index contributed by atoms with van der Waals surface area (Å²) >= 11 is 0. The van der Waals surface area contributed by atoms with Crippen LogP contribution in [0.4, 0.5) is 0 Å². The van der Waals surface area contributed by atoms with E-state index in [-0.39, 0.29) is 24.0 Å². The van der Waals surface area contributed by atoms with Crippen LogP contribution in [0.2, 0.25) is 0 Å². The molecule has 0 saturated carbocycles. The number of hydrogen-bond acceptors (Lipinski definition) is 4. The van der Waals surface area contributed by atoms with Crippen molar-refractivity contribution in [1.82, 2.24) is 15.5 Å². The highest BCUT2D eigenvalue weighted by molar-refractivity contribution is 14.0. The van der Waals surface area contributed by atoms with Gasteiger partial charge >= 0.3 is 0 Å². The fraction of sp³-hybridized carbons (Fsp3) is 0.955. The van der Waals surface area contributed by atoms with E-state index in [0.717, 1.165) is 77.3 Å². The first-order valence-electron chi connectivity index (χ1n) is 11.7. The van der Waals surface area contributed by atoms with Gasteiger partial charge in [0.05, 0.1) is 0 Å². The monoisotopic (exact) mass is 524 g/mol. The van der Waals surface area contributed by atoms with Gasteiger partial charge < -0.3 is 25.0 Å². The summed E-state index contributed by atoms with van der Waals surface area (Å²) in [6, 6.07) is 0.772. The summed E-state index contributed by atoms with van der Waals surface area (Å²) in [5.41, 5.74) is 0. The zero-order valence-electron chi connectivity index (χ0n) is 18.8. The van der Waals surface area contributed by atoms with E-state index in [9.17, 15) is 0 Å². The molecule has 2 aliphatic rings. The highest BCUT2D eigenvalue weighted by Crippen LogP contribution is 2.16. The molecule has 2 aliphatic heterocycles. The van der Waals surface area contributed by atoms with Gasteiger partial charge in [0.15, 0.2) is 5.96 Å². The van der Waals surface area contributed by atoms with Gasteiger partial charge in [0.1, 0.15) is 0 Å². The first kappa shape index (κ1) is 26.9. The van der Waals surface area contributed by atoms with Crippen LogP contribution in [0.5, 0.6) is 0 Å². The molecule has 2 N–H and O–H groups in total. The average Bonchev–Trinajstić information content (AvgIpc) is 2.72. The first-order chi connectivity index (χ1) is 13.8. The van der Waals surface area contributed by atoms with Gasteiger partial charge in [0.2, 0.25) is 0 Å². The minimum Gasteiger partial charge on any atom is -0.381 e. The van der Waals surface area contributed by atoms with Crippen LogP contribution in [0.1, 0.15) is 65.2 Å². The number of likely N-dealkylation sites (tertiary alicyclic amines) is 1. The maximum absolute atomic E-state index is 5.82. The lowest BCUT2D eigenvalue weighted by molar-refractivity contribution is 0.0205. The largest absolute Gasteiger partial charge is 0.381 e. The van der Waals surface area contributed by atoms with Crippen LogP contribution in [0, 0.1) is 5.92 Å². The molecule has 0 spiro atoms. The Bertz CT molecular complexity index is 420. The number of guanidine groups is 1. The van der Waals surface area contributed by atoms with Crippen LogP contribution in [-0.2, 0) is 9.47 Å². The van der Waals surface area contributed by atoms with Gasteiger partial charge in [-0.3, -0.25) is 4.99 Å². The van der Waals surface area contributed by atoms with Gasteiger partial charge in [-0.05, 0) is 77.8 Å². The molecule has 0 radical (unpaired) electrons. The van der Waals surface area contributed by atoms with Gasteiger partial charge in [-0.25, -0.2) is 0 Å². The van der Waals surface area contributed by atoms with Crippen LogP contribution in [0.25, 0.3) is 0 Å². The summed E-state index contributed by atoms with van der Waals surface area (Å²) in [5.74, 6) is 1.63. The lowest BCUT2D eigenvalue weighted by Gasteiger charge is -2.33. The third-order valence-electron chi connectivity index (χ3n) is 5.86. The number of nitrogens with zero attached hydrogens (tertiary/aromatic N) is 2. The number of ether oxygens (including phenoxy) is 2. The Labute approximate surface area is 196 Å². The summed E-state index contributed by atoms with van der Waals surface area (Å²) in [6.07, 6.45) is 9.87. The van der Waals surface area contributed by atoms with Crippen molar-refractivity contribution in [3.05, 3.63) is 0 Å². The van der Waals surface area contributed by atoms with E-state index >= 15 is 0 Å². The molecule has 29 heavy (non-hydrogen) atoms. The molecule has 2 fully saturated rings. The Morgan fingerprint density at radius 2 is 1.93 bits per heavy atom. The molecule has 6 nitrogen and oxygen atoms in total. The van der Waals surface area contributed by atoms with Crippen molar-refractivity contribution in [3.63, 3.8) is 0 Å². The number of rotatable bonds is 12. The topological polar surface area (TPSA) is 58.1 Å². The molecule has 2 saturated heterocycles. The van der Waals surface area contributed by atoms with Crippen molar-refractivity contribution in [1.29, 1.82) is 0 Å². The second-order valence-corrected chi connectivity index (χ2v) is 8.26. The van der Waals surface area contributed by atoms with Crippen LogP contribution in [0.3, 0.4) is 0 Å². The zero-order valence-corrected chi connectivity index (χ0v) is 21.1. The van der Waals surface area contributed by atoms with Crippen molar-refractivity contribution in [3.8, 4) is 0 Å². The smallest absolute Gasteiger partial charge is 0.191 e. The molecule has 0 bridgehead atoms. The molecule has 1 atom stereocenters. The Morgan fingerprint density at radius 3 is 2.69 bits per heavy atom. The number of unbranched alkanes of at least 4 members (excludes halogenated alkanes) is 1. The lowest BCUT2D eigenvalue weighted by Crippen LogP contribution is -2.39. The Balaban J connectivity index is 0.00000420. The van der Waals surface area contributed by atoms with Crippen LogP contribution in [0.15, 0.2) is 4.99 Å². The van der Waals surface area contributed by atoms with Crippen LogP contribution < -0.4 is 10.6 Å². The Kier molecular flexibility index (Phi) is 16.3. The summed E-state index contributed by atoms with van der Waals surface area (Å²) in [4.78, 5) is 7.34. The standard InChI is InChI=1S/C22H44N4O2.HI/c1-3-23-22(24-12-5-7-15-26-14-6-4-9-20(26)2)25-13-8-16-28-19-21-10-17-27-18-11-21;/h20-21H,3-19H2,1-2H3,(H2,23,24,25);1H. The average molecular weight is 525 g/mol. The van der Waals surface area contributed by atoms with E-state index in [2.05, 4.69) is 34.4 Å². The molecule has 172 valence electrons.